The average molecular weight is 180 g/mol. The lowest BCUT2D eigenvalue weighted by Gasteiger charge is -2.09. The average Bonchev–Trinajstić information content (AvgIpc) is 2.01. The summed E-state index contributed by atoms with van der Waals surface area (Å²) < 4.78 is 0. The van der Waals surface area contributed by atoms with E-state index in [1.807, 2.05) is 0 Å². The van der Waals surface area contributed by atoms with Gasteiger partial charge in [-0.1, -0.05) is 51.0 Å². The van der Waals surface area contributed by atoms with E-state index in [1.54, 1.807) is 0 Å². The van der Waals surface area contributed by atoms with E-state index in [0.717, 1.165) is 5.92 Å². The van der Waals surface area contributed by atoms with Crippen LogP contribution in [-0.2, 0) is 0 Å². The van der Waals surface area contributed by atoms with E-state index >= 15 is 0 Å². The SMILES string of the molecule is CCC(C)C(C)=CC(C)=CC(C)C. The molecular weight excluding hydrogens is 156 g/mol. The van der Waals surface area contributed by atoms with E-state index in [4.69, 9.17) is 0 Å². The van der Waals surface area contributed by atoms with Gasteiger partial charge in [-0.15, -0.1) is 0 Å². The maximum Gasteiger partial charge on any atom is -0.0234 e. The molecule has 0 saturated heterocycles. The van der Waals surface area contributed by atoms with Crippen LogP contribution in [-0.4, -0.2) is 0 Å². The van der Waals surface area contributed by atoms with Gasteiger partial charge in [-0.3, -0.25) is 0 Å². The van der Waals surface area contributed by atoms with Gasteiger partial charge in [0.15, 0.2) is 0 Å². The lowest BCUT2D eigenvalue weighted by Crippen LogP contribution is -1.94. The van der Waals surface area contributed by atoms with Crippen molar-refractivity contribution in [2.24, 2.45) is 11.8 Å². The maximum absolute atomic E-state index is 2.31. The lowest BCUT2D eigenvalue weighted by atomic mass is 9.97. The normalized spacial score (nSPS) is 16.5. The second-order valence-electron chi connectivity index (χ2n) is 4.35. The van der Waals surface area contributed by atoms with Gasteiger partial charge in [0.1, 0.15) is 0 Å². The van der Waals surface area contributed by atoms with Crippen LogP contribution in [0.15, 0.2) is 23.3 Å². The molecule has 0 amide bonds. The minimum atomic E-state index is 0.654. The van der Waals surface area contributed by atoms with E-state index in [1.165, 1.54) is 17.6 Å². The van der Waals surface area contributed by atoms with Crippen molar-refractivity contribution in [3.8, 4) is 0 Å². The van der Waals surface area contributed by atoms with Crippen LogP contribution >= 0.6 is 0 Å². The van der Waals surface area contributed by atoms with Crippen molar-refractivity contribution in [3.05, 3.63) is 23.3 Å². The summed E-state index contributed by atoms with van der Waals surface area (Å²) in [7, 11) is 0. The first-order valence-electron chi connectivity index (χ1n) is 5.34. The molecule has 0 aromatic carbocycles. The number of hydrogen-bond donors (Lipinski definition) is 0. The van der Waals surface area contributed by atoms with E-state index in [0.29, 0.717) is 5.92 Å². The first-order valence-corrected chi connectivity index (χ1v) is 5.34. The van der Waals surface area contributed by atoms with E-state index in [9.17, 15) is 0 Å². The molecular formula is C13H24. The first kappa shape index (κ1) is 12.5. The summed E-state index contributed by atoms with van der Waals surface area (Å²) in [5.74, 6) is 1.37. The third-order valence-electron chi connectivity index (χ3n) is 2.44. The molecule has 0 aromatic heterocycles. The van der Waals surface area contributed by atoms with Crippen LogP contribution in [0.1, 0.15) is 48.0 Å². The highest BCUT2D eigenvalue weighted by atomic mass is 14.1. The zero-order valence-electron chi connectivity index (χ0n) is 10.0. The van der Waals surface area contributed by atoms with Gasteiger partial charge in [0, 0.05) is 0 Å². The van der Waals surface area contributed by atoms with E-state index in [-0.39, 0.29) is 0 Å². The predicted molar refractivity (Wildman–Crippen MR) is 61.8 cm³/mol. The number of hydrogen-bond acceptors (Lipinski definition) is 0. The van der Waals surface area contributed by atoms with Crippen molar-refractivity contribution in [1.82, 2.24) is 0 Å². The molecule has 0 bridgehead atoms. The Bertz CT molecular complexity index is 194. The molecule has 1 unspecified atom stereocenters. The molecule has 0 fully saturated rings. The molecule has 0 aromatic rings. The fraction of sp³-hybridized carbons (Fsp3) is 0.692. The van der Waals surface area contributed by atoms with Gasteiger partial charge in [0.05, 0.1) is 0 Å². The fourth-order valence-electron chi connectivity index (χ4n) is 1.40. The minimum Gasteiger partial charge on any atom is -0.0790 e. The summed E-state index contributed by atoms with van der Waals surface area (Å²) in [6.07, 6.45) is 5.86. The van der Waals surface area contributed by atoms with Gasteiger partial charge in [0.25, 0.3) is 0 Å². The molecule has 0 rings (SSSR count). The summed E-state index contributed by atoms with van der Waals surface area (Å²) >= 11 is 0. The molecule has 0 aliphatic rings. The molecule has 0 nitrogen and oxygen atoms in total. The van der Waals surface area contributed by atoms with Crippen molar-refractivity contribution in [1.29, 1.82) is 0 Å². The molecule has 76 valence electrons. The van der Waals surface area contributed by atoms with Crippen LogP contribution in [0.2, 0.25) is 0 Å². The monoisotopic (exact) mass is 180 g/mol. The van der Waals surface area contributed by atoms with Gasteiger partial charge in [0.2, 0.25) is 0 Å². The van der Waals surface area contributed by atoms with Crippen molar-refractivity contribution < 1.29 is 0 Å². The van der Waals surface area contributed by atoms with Crippen LogP contribution in [0.5, 0.6) is 0 Å². The Labute approximate surface area is 83.7 Å². The largest absolute Gasteiger partial charge is 0.0790 e. The second-order valence-corrected chi connectivity index (χ2v) is 4.35. The Morgan fingerprint density at radius 1 is 1.15 bits per heavy atom. The molecule has 0 saturated carbocycles. The van der Waals surface area contributed by atoms with Gasteiger partial charge >= 0.3 is 0 Å². The molecule has 13 heavy (non-hydrogen) atoms. The summed E-state index contributed by atoms with van der Waals surface area (Å²) in [5, 5.41) is 0. The van der Waals surface area contributed by atoms with Crippen LogP contribution in [0.4, 0.5) is 0 Å². The Morgan fingerprint density at radius 3 is 2.08 bits per heavy atom. The van der Waals surface area contributed by atoms with Crippen LogP contribution < -0.4 is 0 Å². The van der Waals surface area contributed by atoms with Gasteiger partial charge in [-0.25, -0.2) is 0 Å². The van der Waals surface area contributed by atoms with Crippen molar-refractivity contribution in [2.75, 3.05) is 0 Å². The topological polar surface area (TPSA) is 0 Å². The van der Waals surface area contributed by atoms with Crippen LogP contribution in [0.25, 0.3) is 0 Å². The number of rotatable bonds is 4. The first-order chi connectivity index (χ1) is 5.97. The highest BCUT2D eigenvalue weighted by molar-refractivity contribution is 5.22. The van der Waals surface area contributed by atoms with E-state index in [2.05, 4.69) is 53.7 Å². The molecule has 0 aliphatic carbocycles. The van der Waals surface area contributed by atoms with Gasteiger partial charge < -0.3 is 0 Å². The van der Waals surface area contributed by atoms with Crippen LogP contribution in [0.3, 0.4) is 0 Å². The van der Waals surface area contributed by atoms with Crippen molar-refractivity contribution in [3.63, 3.8) is 0 Å². The lowest BCUT2D eigenvalue weighted by molar-refractivity contribution is 0.654. The molecule has 0 heterocycles. The zero-order valence-corrected chi connectivity index (χ0v) is 10.0. The second kappa shape index (κ2) is 6.01. The maximum atomic E-state index is 2.31. The Morgan fingerprint density at radius 2 is 1.69 bits per heavy atom. The Kier molecular flexibility index (Phi) is 5.77. The molecule has 0 heteroatoms. The van der Waals surface area contributed by atoms with Crippen molar-refractivity contribution in [2.45, 2.75) is 48.0 Å². The van der Waals surface area contributed by atoms with E-state index < -0.39 is 0 Å². The smallest absolute Gasteiger partial charge is 0.0234 e. The zero-order chi connectivity index (χ0) is 10.4. The summed E-state index contributed by atoms with van der Waals surface area (Å²) in [6.45, 7) is 13.4. The quantitative estimate of drug-likeness (QED) is 0.555. The minimum absolute atomic E-state index is 0.654. The Balaban J connectivity index is 4.37. The molecule has 0 radical (unpaired) electrons. The third-order valence-corrected chi connectivity index (χ3v) is 2.44. The third kappa shape index (κ3) is 5.68. The standard InChI is InChI=1S/C13H24/c1-7-12(5)13(6)9-11(4)8-10(2)3/h8-10,12H,7H2,1-6H3. The predicted octanol–water partition coefficient (Wildman–Crippen LogP) is 4.58. The van der Waals surface area contributed by atoms with Crippen LogP contribution in [0, 0.1) is 11.8 Å². The number of allylic oxidation sites excluding steroid dienone is 4. The molecule has 1 atom stereocenters. The van der Waals surface area contributed by atoms with Gasteiger partial charge in [-0.2, -0.15) is 0 Å². The highest BCUT2D eigenvalue weighted by Gasteiger charge is 2.00. The van der Waals surface area contributed by atoms with Gasteiger partial charge in [-0.05, 0) is 32.1 Å². The summed E-state index contributed by atoms with van der Waals surface area (Å²) in [4.78, 5) is 0. The highest BCUT2D eigenvalue weighted by Crippen LogP contribution is 2.16. The summed E-state index contributed by atoms with van der Waals surface area (Å²) in [6, 6.07) is 0. The molecule has 0 N–H and O–H groups in total. The van der Waals surface area contributed by atoms with Crippen molar-refractivity contribution >= 4 is 0 Å². The molecule has 0 spiro atoms. The Hall–Kier alpha value is -0.520. The fourth-order valence-corrected chi connectivity index (χ4v) is 1.40. The summed E-state index contributed by atoms with van der Waals surface area (Å²) in [5.41, 5.74) is 2.89. The molecule has 0 aliphatic heterocycles.